The molecule has 4 aromatic rings. The summed E-state index contributed by atoms with van der Waals surface area (Å²) in [5.74, 6) is 0.823. The van der Waals surface area contributed by atoms with Gasteiger partial charge in [0, 0.05) is 49.9 Å². The Balaban J connectivity index is 1.05. The number of pyridine rings is 1. The lowest BCUT2D eigenvalue weighted by Gasteiger charge is -2.36. The third kappa shape index (κ3) is 4.34. The summed E-state index contributed by atoms with van der Waals surface area (Å²) in [6.45, 7) is 3.47. The molecule has 6 heteroatoms. The largest absolute Gasteiger partial charge is 0.490 e. The second-order valence-electron chi connectivity index (χ2n) is 9.56. The van der Waals surface area contributed by atoms with Crippen LogP contribution in [-0.4, -0.2) is 71.2 Å². The Bertz CT molecular complexity index is 1410. The summed E-state index contributed by atoms with van der Waals surface area (Å²) in [6.07, 6.45) is 2.03. The van der Waals surface area contributed by atoms with E-state index < -0.39 is 6.10 Å². The molecule has 2 aliphatic rings. The van der Waals surface area contributed by atoms with Gasteiger partial charge < -0.3 is 14.7 Å². The van der Waals surface area contributed by atoms with Crippen LogP contribution < -0.4 is 4.74 Å². The standard InChI is InChI=1S/C30H29N3O3/c34-23(20-36-28-12-4-11-27-25(28)10-5-13-31-27)19-32-14-16-33(17-15-32)30(35)26-9-3-7-22-18-21-6-1-2-8-24(21)29(22)26/h1-13,23,34H,14-20H2. The van der Waals surface area contributed by atoms with E-state index in [1.165, 1.54) is 16.7 Å². The summed E-state index contributed by atoms with van der Waals surface area (Å²) in [5, 5.41) is 11.6. The number of rotatable bonds is 6. The molecule has 36 heavy (non-hydrogen) atoms. The molecule has 0 bridgehead atoms. The Labute approximate surface area is 210 Å². The van der Waals surface area contributed by atoms with Crippen molar-refractivity contribution < 1.29 is 14.6 Å². The summed E-state index contributed by atoms with van der Waals surface area (Å²) in [5.41, 5.74) is 6.46. The number of benzene rings is 3. The molecule has 1 amide bonds. The second-order valence-corrected chi connectivity index (χ2v) is 9.56. The van der Waals surface area contributed by atoms with Gasteiger partial charge in [-0.1, -0.05) is 42.5 Å². The summed E-state index contributed by atoms with van der Waals surface area (Å²) in [7, 11) is 0. The van der Waals surface area contributed by atoms with Gasteiger partial charge in [-0.25, -0.2) is 0 Å². The van der Waals surface area contributed by atoms with Crippen molar-refractivity contribution in [2.24, 2.45) is 0 Å². The molecule has 0 spiro atoms. The molecule has 0 radical (unpaired) electrons. The van der Waals surface area contributed by atoms with Crippen LogP contribution >= 0.6 is 0 Å². The van der Waals surface area contributed by atoms with Crippen molar-refractivity contribution >= 4 is 16.8 Å². The van der Waals surface area contributed by atoms with Crippen molar-refractivity contribution in [3.63, 3.8) is 0 Å². The lowest BCUT2D eigenvalue weighted by Crippen LogP contribution is -2.51. The average molecular weight is 480 g/mol. The first-order valence-corrected chi connectivity index (χ1v) is 12.5. The minimum absolute atomic E-state index is 0.0941. The number of piperazine rings is 1. The third-order valence-electron chi connectivity index (χ3n) is 7.21. The molecule has 1 unspecified atom stereocenters. The van der Waals surface area contributed by atoms with E-state index in [2.05, 4.69) is 34.1 Å². The number of aliphatic hydroxyl groups excluding tert-OH is 1. The van der Waals surface area contributed by atoms with Crippen LogP contribution in [0.4, 0.5) is 0 Å². The molecular weight excluding hydrogens is 450 g/mol. The Morgan fingerprint density at radius 2 is 1.72 bits per heavy atom. The lowest BCUT2D eigenvalue weighted by atomic mass is 9.98. The van der Waals surface area contributed by atoms with Crippen LogP contribution in [0.1, 0.15) is 21.5 Å². The number of hydrogen-bond acceptors (Lipinski definition) is 5. The van der Waals surface area contributed by atoms with Crippen LogP contribution in [0.2, 0.25) is 0 Å². The zero-order valence-electron chi connectivity index (χ0n) is 20.1. The lowest BCUT2D eigenvalue weighted by molar-refractivity contribution is 0.0406. The number of ether oxygens (including phenoxy) is 1. The number of amides is 1. The van der Waals surface area contributed by atoms with Gasteiger partial charge in [-0.15, -0.1) is 0 Å². The third-order valence-corrected chi connectivity index (χ3v) is 7.21. The van der Waals surface area contributed by atoms with Crippen molar-refractivity contribution in [2.75, 3.05) is 39.3 Å². The highest BCUT2D eigenvalue weighted by Crippen LogP contribution is 2.39. The molecule has 1 saturated heterocycles. The summed E-state index contributed by atoms with van der Waals surface area (Å²) in [4.78, 5) is 22.0. The molecule has 6 nitrogen and oxygen atoms in total. The molecule has 1 aliphatic heterocycles. The SMILES string of the molecule is O=C(c1cccc2c1-c1ccccc1C2)N1CCN(CC(O)COc2cccc3ncccc23)CC1. The minimum Gasteiger partial charge on any atom is -0.490 e. The minimum atomic E-state index is -0.618. The van der Waals surface area contributed by atoms with Crippen molar-refractivity contribution in [1.29, 1.82) is 0 Å². The quantitative estimate of drug-likeness (QED) is 0.399. The van der Waals surface area contributed by atoms with Crippen LogP contribution in [0.5, 0.6) is 5.75 Å². The van der Waals surface area contributed by atoms with Gasteiger partial charge in [0.2, 0.25) is 0 Å². The van der Waals surface area contributed by atoms with Crippen LogP contribution in [0.25, 0.3) is 22.0 Å². The number of hydrogen-bond donors (Lipinski definition) is 1. The monoisotopic (exact) mass is 479 g/mol. The fourth-order valence-electron chi connectivity index (χ4n) is 5.41. The van der Waals surface area contributed by atoms with E-state index in [1.54, 1.807) is 6.20 Å². The normalized spacial score (nSPS) is 16.0. The van der Waals surface area contributed by atoms with E-state index in [0.717, 1.165) is 47.3 Å². The molecular formula is C30H29N3O3. The van der Waals surface area contributed by atoms with E-state index in [-0.39, 0.29) is 12.5 Å². The molecule has 1 aromatic heterocycles. The van der Waals surface area contributed by atoms with Crippen LogP contribution in [0.15, 0.2) is 79.0 Å². The number of carbonyl (C=O) groups is 1. The number of β-amino-alcohol motifs (C(OH)–C–C–N with tert-alkyl or cyclic N) is 1. The van der Waals surface area contributed by atoms with E-state index in [4.69, 9.17) is 4.74 Å². The van der Waals surface area contributed by atoms with Crippen LogP contribution in [0.3, 0.4) is 0 Å². The van der Waals surface area contributed by atoms with Crippen LogP contribution in [0, 0.1) is 0 Å². The summed E-state index contributed by atoms with van der Waals surface area (Å²) < 4.78 is 5.93. The van der Waals surface area contributed by atoms with E-state index in [1.807, 2.05) is 53.4 Å². The molecule has 3 aromatic carbocycles. The van der Waals surface area contributed by atoms with Crippen LogP contribution in [-0.2, 0) is 6.42 Å². The summed E-state index contributed by atoms with van der Waals surface area (Å²) in [6, 6.07) is 24.1. The Morgan fingerprint density at radius 1 is 0.917 bits per heavy atom. The Morgan fingerprint density at radius 3 is 2.61 bits per heavy atom. The van der Waals surface area contributed by atoms with Gasteiger partial charge in [-0.3, -0.25) is 14.7 Å². The topological polar surface area (TPSA) is 65.9 Å². The maximum atomic E-state index is 13.5. The van der Waals surface area contributed by atoms with Gasteiger partial charge in [0.05, 0.1) is 5.52 Å². The molecule has 182 valence electrons. The number of aliphatic hydroxyl groups is 1. The van der Waals surface area contributed by atoms with E-state index in [0.29, 0.717) is 19.6 Å². The predicted octanol–water partition coefficient (Wildman–Crippen LogP) is 4.00. The van der Waals surface area contributed by atoms with E-state index >= 15 is 0 Å². The Hall–Kier alpha value is -3.74. The van der Waals surface area contributed by atoms with Crippen molar-refractivity contribution in [1.82, 2.24) is 14.8 Å². The number of aromatic nitrogens is 1. The number of fused-ring (bicyclic) bond motifs is 4. The first-order chi connectivity index (χ1) is 17.7. The highest BCUT2D eigenvalue weighted by atomic mass is 16.5. The molecule has 2 heterocycles. The van der Waals surface area contributed by atoms with Crippen molar-refractivity contribution in [3.8, 4) is 16.9 Å². The first kappa shape index (κ1) is 22.7. The fraction of sp³-hybridized carbons (Fsp3) is 0.267. The molecule has 1 N–H and O–H groups in total. The smallest absolute Gasteiger partial charge is 0.254 e. The van der Waals surface area contributed by atoms with Gasteiger partial charge in [0.1, 0.15) is 18.5 Å². The average Bonchev–Trinajstić information content (AvgIpc) is 3.31. The first-order valence-electron chi connectivity index (χ1n) is 12.5. The second kappa shape index (κ2) is 9.72. The number of nitrogens with zero attached hydrogens (tertiary/aromatic N) is 3. The van der Waals surface area contributed by atoms with Crippen molar-refractivity contribution in [3.05, 3.63) is 95.7 Å². The van der Waals surface area contributed by atoms with Gasteiger partial charge in [-0.2, -0.15) is 0 Å². The molecule has 0 saturated carbocycles. The fourth-order valence-corrected chi connectivity index (χ4v) is 5.41. The highest BCUT2D eigenvalue weighted by Gasteiger charge is 2.28. The molecule has 1 aliphatic carbocycles. The predicted molar refractivity (Wildman–Crippen MR) is 140 cm³/mol. The van der Waals surface area contributed by atoms with Crippen molar-refractivity contribution in [2.45, 2.75) is 12.5 Å². The van der Waals surface area contributed by atoms with Gasteiger partial charge >= 0.3 is 0 Å². The molecule has 6 rings (SSSR count). The number of carbonyl (C=O) groups excluding carboxylic acids is 1. The molecule has 1 fully saturated rings. The zero-order chi connectivity index (χ0) is 24.5. The maximum absolute atomic E-state index is 13.5. The Kier molecular flexibility index (Phi) is 6.13. The van der Waals surface area contributed by atoms with Gasteiger partial charge in [0.25, 0.3) is 5.91 Å². The summed E-state index contributed by atoms with van der Waals surface area (Å²) >= 11 is 0. The maximum Gasteiger partial charge on any atom is 0.254 e. The van der Waals surface area contributed by atoms with Gasteiger partial charge in [0.15, 0.2) is 0 Å². The highest BCUT2D eigenvalue weighted by molar-refractivity contribution is 6.03. The van der Waals surface area contributed by atoms with E-state index in [9.17, 15) is 9.90 Å². The van der Waals surface area contributed by atoms with Gasteiger partial charge in [-0.05, 0) is 59.0 Å². The zero-order valence-corrected chi connectivity index (χ0v) is 20.1. The molecule has 1 atom stereocenters.